The van der Waals surface area contributed by atoms with Crippen LogP contribution in [0.3, 0.4) is 0 Å². The molecule has 4 N–H and O–H groups in total. The van der Waals surface area contributed by atoms with Crippen LogP contribution >= 0.6 is 11.6 Å². The van der Waals surface area contributed by atoms with Crippen LogP contribution in [0.1, 0.15) is 22.0 Å². The monoisotopic (exact) mass is 361 g/mol. The van der Waals surface area contributed by atoms with Gasteiger partial charge in [0.15, 0.2) is 11.5 Å². The molecule has 0 bridgehead atoms. The zero-order valence-corrected chi connectivity index (χ0v) is 14.0. The number of hydrogen-bond donors (Lipinski definition) is 3. The molecule has 1 heterocycles. The molecular weight excluding hydrogens is 346 g/mol. The number of alkyl halides is 1. The molecule has 25 heavy (non-hydrogen) atoms. The average molecular weight is 362 g/mol. The molecule has 2 aromatic carbocycles. The molecule has 0 saturated carbocycles. The van der Waals surface area contributed by atoms with E-state index in [1.165, 1.54) is 18.2 Å². The van der Waals surface area contributed by atoms with E-state index < -0.39 is 23.2 Å². The number of methoxy groups -OCH3 is 1. The maximum Gasteiger partial charge on any atom is 0.269 e. The molecule has 1 aliphatic heterocycles. The number of benzene rings is 2. The number of carbonyl (C=O) groups is 2. The van der Waals surface area contributed by atoms with Crippen molar-refractivity contribution in [2.75, 3.05) is 12.8 Å². The number of nitrogens with two attached hydrogens (primary N) is 1. The number of phenolic OH excluding ortho intramolecular Hbond substituents is 1. The number of aromatic hydroxyl groups is 1. The minimum atomic E-state index is -0.819. The van der Waals surface area contributed by atoms with Gasteiger partial charge in [0, 0.05) is 11.3 Å². The van der Waals surface area contributed by atoms with Crippen molar-refractivity contribution in [2.45, 2.75) is 11.4 Å². The Labute approximate surface area is 148 Å². The van der Waals surface area contributed by atoms with Gasteiger partial charge in [0.2, 0.25) is 0 Å². The molecule has 2 amide bonds. The number of carbonyl (C=O) groups excluding carboxylic acids is 2. The number of nitrogen functional groups attached to an aromatic ring is 1. The van der Waals surface area contributed by atoms with Gasteiger partial charge < -0.3 is 15.6 Å². The number of hydrogen-bond acceptors (Lipinski definition) is 5. The van der Waals surface area contributed by atoms with Gasteiger partial charge in [-0.25, -0.2) is 5.01 Å². The molecule has 0 spiro atoms. The number of ether oxygens (including phenoxy) is 1. The summed E-state index contributed by atoms with van der Waals surface area (Å²) in [5.41, 5.74) is 9.67. The Hall–Kier alpha value is -2.93. The lowest BCUT2D eigenvalue weighted by atomic mass is 9.95. The quantitative estimate of drug-likeness (QED) is 0.437. The van der Waals surface area contributed by atoms with Crippen molar-refractivity contribution < 1.29 is 19.4 Å². The summed E-state index contributed by atoms with van der Waals surface area (Å²) in [6.07, 6.45) is 0. The number of amides is 2. The van der Waals surface area contributed by atoms with Gasteiger partial charge >= 0.3 is 0 Å². The molecule has 2 atom stereocenters. The summed E-state index contributed by atoms with van der Waals surface area (Å²) in [6.45, 7) is 0. The maximum absolute atomic E-state index is 12.3. The van der Waals surface area contributed by atoms with Crippen LogP contribution in [0.15, 0.2) is 42.5 Å². The van der Waals surface area contributed by atoms with Gasteiger partial charge in [-0.2, -0.15) is 0 Å². The minimum Gasteiger partial charge on any atom is -0.504 e. The third-order valence-corrected chi connectivity index (χ3v) is 4.39. The van der Waals surface area contributed by atoms with Gasteiger partial charge in [-0.3, -0.25) is 15.0 Å². The van der Waals surface area contributed by atoms with E-state index in [4.69, 9.17) is 22.1 Å². The number of nitrogens with zero attached hydrogens (tertiary/aromatic N) is 1. The second kappa shape index (κ2) is 6.52. The van der Waals surface area contributed by atoms with Gasteiger partial charge in [0.05, 0.1) is 7.11 Å². The molecule has 0 radical (unpaired) electrons. The lowest BCUT2D eigenvalue weighted by Gasteiger charge is -2.44. The number of halogens is 1. The summed E-state index contributed by atoms with van der Waals surface area (Å²) in [6, 6.07) is 10.4. The summed E-state index contributed by atoms with van der Waals surface area (Å²) in [5.74, 6) is -0.638. The van der Waals surface area contributed by atoms with Crippen molar-refractivity contribution >= 4 is 29.1 Å². The number of nitrogens with one attached hydrogen (secondary N) is 1. The van der Waals surface area contributed by atoms with Gasteiger partial charge in [-0.1, -0.05) is 6.07 Å². The van der Waals surface area contributed by atoms with Crippen LogP contribution in [-0.2, 0) is 4.79 Å². The maximum atomic E-state index is 12.3. The van der Waals surface area contributed by atoms with Gasteiger partial charge in [-0.15, -0.1) is 11.6 Å². The molecule has 0 aromatic heterocycles. The number of hydrazine groups is 1. The van der Waals surface area contributed by atoms with E-state index in [-0.39, 0.29) is 11.5 Å². The summed E-state index contributed by atoms with van der Waals surface area (Å²) < 4.78 is 5.07. The Bertz CT molecular complexity index is 825. The molecule has 130 valence electrons. The summed E-state index contributed by atoms with van der Waals surface area (Å²) in [4.78, 5) is 24.4. The van der Waals surface area contributed by atoms with E-state index >= 15 is 0 Å². The van der Waals surface area contributed by atoms with Crippen LogP contribution in [0.5, 0.6) is 11.5 Å². The second-order valence-electron chi connectivity index (χ2n) is 5.55. The van der Waals surface area contributed by atoms with Gasteiger partial charge in [0.1, 0.15) is 11.4 Å². The molecule has 7 nitrogen and oxygen atoms in total. The zero-order valence-electron chi connectivity index (χ0n) is 13.3. The van der Waals surface area contributed by atoms with E-state index in [1.807, 2.05) is 0 Å². The van der Waals surface area contributed by atoms with Crippen LogP contribution in [-0.4, -0.2) is 34.4 Å². The largest absolute Gasteiger partial charge is 0.504 e. The molecule has 1 aliphatic rings. The first-order chi connectivity index (χ1) is 11.9. The fourth-order valence-electron chi connectivity index (χ4n) is 2.58. The summed E-state index contributed by atoms with van der Waals surface area (Å²) in [5, 5.41) is 10.0. The predicted octanol–water partition coefficient (Wildman–Crippen LogP) is 1.82. The van der Waals surface area contributed by atoms with E-state index in [0.717, 1.165) is 0 Å². The first-order valence-electron chi connectivity index (χ1n) is 7.43. The van der Waals surface area contributed by atoms with E-state index in [1.54, 1.807) is 36.4 Å². The summed E-state index contributed by atoms with van der Waals surface area (Å²) >= 11 is 6.12. The van der Waals surface area contributed by atoms with Crippen LogP contribution < -0.4 is 15.9 Å². The third-order valence-electron chi connectivity index (χ3n) is 3.97. The van der Waals surface area contributed by atoms with Gasteiger partial charge in [-0.05, 0) is 42.0 Å². The van der Waals surface area contributed by atoms with Crippen molar-refractivity contribution in [3.63, 3.8) is 0 Å². The summed E-state index contributed by atoms with van der Waals surface area (Å²) in [7, 11) is 1.42. The van der Waals surface area contributed by atoms with Crippen molar-refractivity contribution in [3.05, 3.63) is 53.6 Å². The van der Waals surface area contributed by atoms with Crippen molar-refractivity contribution in [1.29, 1.82) is 0 Å². The third kappa shape index (κ3) is 3.06. The van der Waals surface area contributed by atoms with Crippen molar-refractivity contribution in [3.8, 4) is 11.5 Å². The Morgan fingerprint density at radius 1 is 1.28 bits per heavy atom. The first-order valence-corrected chi connectivity index (χ1v) is 7.86. The Morgan fingerprint density at radius 3 is 2.60 bits per heavy atom. The van der Waals surface area contributed by atoms with Crippen LogP contribution in [0.2, 0.25) is 0 Å². The smallest absolute Gasteiger partial charge is 0.269 e. The minimum absolute atomic E-state index is 0.0273. The SMILES string of the molecule is COc1cc([C@H]2[C@H](Cl)C(=O)N2NC(=O)c2ccc(N)cc2)ccc1O. The van der Waals surface area contributed by atoms with Crippen molar-refractivity contribution in [1.82, 2.24) is 10.4 Å². The highest BCUT2D eigenvalue weighted by Crippen LogP contribution is 2.40. The Balaban J connectivity index is 1.81. The van der Waals surface area contributed by atoms with E-state index in [9.17, 15) is 14.7 Å². The fourth-order valence-corrected chi connectivity index (χ4v) is 2.95. The standard InChI is InChI=1S/C17H16ClN3O4/c1-25-13-8-10(4-7-12(13)22)15-14(18)17(24)21(15)20-16(23)9-2-5-11(19)6-3-9/h2-8,14-15,22H,19H2,1H3,(H,20,23)/t14-,15-/m0/s1. The molecule has 0 unspecified atom stereocenters. The molecule has 1 saturated heterocycles. The molecular formula is C17H16ClN3O4. The lowest BCUT2D eigenvalue weighted by molar-refractivity contribution is -0.149. The highest BCUT2D eigenvalue weighted by molar-refractivity contribution is 6.33. The normalized spacial score (nSPS) is 19.3. The Morgan fingerprint density at radius 2 is 1.96 bits per heavy atom. The number of rotatable bonds is 4. The van der Waals surface area contributed by atoms with Crippen LogP contribution in [0, 0.1) is 0 Å². The van der Waals surface area contributed by atoms with Gasteiger partial charge in [0.25, 0.3) is 11.8 Å². The second-order valence-corrected chi connectivity index (χ2v) is 6.02. The fraction of sp³-hybridized carbons (Fsp3) is 0.176. The van der Waals surface area contributed by atoms with Crippen LogP contribution in [0.25, 0.3) is 0 Å². The van der Waals surface area contributed by atoms with E-state index in [0.29, 0.717) is 16.8 Å². The van der Waals surface area contributed by atoms with E-state index in [2.05, 4.69) is 5.43 Å². The molecule has 8 heteroatoms. The number of β-lactam (4-membered cyclic amide) rings is 1. The van der Waals surface area contributed by atoms with Crippen LogP contribution in [0.4, 0.5) is 5.69 Å². The molecule has 2 aromatic rings. The van der Waals surface area contributed by atoms with Crippen molar-refractivity contribution in [2.24, 2.45) is 0 Å². The predicted molar refractivity (Wildman–Crippen MR) is 92.2 cm³/mol. The topological polar surface area (TPSA) is 105 Å². The molecule has 0 aliphatic carbocycles. The zero-order chi connectivity index (χ0) is 18.1. The number of anilines is 1. The molecule has 1 fully saturated rings. The Kier molecular flexibility index (Phi) is 4.41. The highest BCUT2D eigenvalue weighted by atomic mass is 35.5. The highest BCUT2D eigenvalue weighted by Gasteiger charge is 2.48. The average Bonchev–Trinajstić information content (AvgIpc) is 2.62. The lowest BCUT2D eigenvalue weighted by Crippen LogP contribution is -2.63. The first kappa shape index (κ1) is 16.9. The number of phenols is 1. The molecule has 3 rings (SSSR count).